The van der Waals surface area contributed by atoms with E-state index in [2.05, 4.69) is 12.1 Å². The quantitative estimate of drug-likeness (QED) is 0.635. The summed E-state index contributed by atoms with van der Waals surface area (Å²) in [5.74, 6) is -0.232. The van der Waals surface area contributed by atoms with Gasteiger partial charge in [0.15, 0.2) is 5.79 Å². The van der Waals surface area contributed by atoms with Gasteiger partial charge in [0, 0.05) is 36.0 Å². The first-order valence-electron chi connectivity index (χ1n) is 11.6. The monoisotopic (exact) mass is 474 g/mol. The zero-order valence-electron chi connectivity index (χ0n) is 18.8. The minimum atomic E-state index is -1.12. The van der Waals surface area contributed by atoms with Gasteiger partial charge < -0.3 is 29.2 Å². The normalized spacial score (nSPS) is 28.8. The number of ether oxygens (including phenoxy) is 4. The van der Waals surface area contributed by atoms with Gasteiger partial charge in [-0.3, -0.25) is 0 Å². The molecule has 0 bridgehead atoms. The summed E-state index contributed by atoms with van der Waals surface area (Å²) in [5, 5.41) is 20.6. The summed E-state index contributed by atoms with van der Waals surface area (Å²) < 4.78 is 23.3. The maximum Gasteiger partial charge on any atom is 0.197 e. The molecule has 2 aromatic carbocycles. The number of methoxy groups -OCH3 is 1. The highest BCUT2D eigenvalue weighted by atomic mass is 35.5. The molecule has 2 heterocycles. The van der Waals surface area contributed by atoms with E-state index in [0.717, 1.165) is 48.5 Å². The summed E-state index contributed by atoms with van der Waals surface area (Å²) in [7, 11) is 1.56. The average Bonchev–Trinajstić information content (AvgIpc) is 2.76. The summed E-state index contributed by atoms with van der Waals surface area (Å²) in [6.07, 6.45) is 2.65. The molecule has 6 nitrogen and oxygen atoms in total. The molecule has 0 amide bonds. The number of halogens is 1. The second-order valence-electron chi connectivity index (χ2n) is 9.74. The fourth-order valence-corrected chi connectivity index (χ4v) is 5.46. The molecule has 0 radical (unpaired) electrons. The molecule has 1 saturated carbocycles. The smallest absolute Gasteiger partial charge is 0.197 e. The molecule has 1 spiro atoms. The van der Waals surface area contributed by atoms with E-state index < -0.39 is 18.0 Å². The van der Waals surface area contributed by atoms with Crippen LogP contribution in [0.2, 0.25) is 5.02 Å². The van der Waals surface area contributed by atoms with Crippen LogP contribution in [0.4, 0.5) is 0 Å². The van der Waals surface area contributed by atoms with Crippen molar-refractivity contribution in [2.24, 2.45) is 5.41 Å². The molecule has 0 aromatic heterocycles. The topological polar surface area (TPSA) is 77.4 Å². The number of benzene rings is 2. The van der Waals surface area contributed by atoms with Crippen molar-refractivity contribution in [3.05, 3.63) is 64.2 Å². The van der Waals surface area contributed by atoms with Crippen LogP contribution in [0.25, 0.3) is 0 Å². The number of hydrogen-bond donors (Lipinski definition) is 2. The van der Waals surface area contributed by atoms with Crippen LogP contribution < -0.4 is 4.74 Å². The summed E-state index contributed by atoms with van der Waals surface area (Å²) in [6, 6.07) is 13.8. The van der Waals surface area contributed by atoms with Gasteiger partial charge in [0.1, 0.15) is 11.9 Å². The average molecular weight is 475 g/mol. The molecule has 3 atom stereocenters. The van der Waals surface area contributed by atoms with Crippen molar-refractivity contribution in [2.75, 3.05) is 26.9 Å². The van der Waals surface area contributed by atoms with Crippen molar-refractivity contribution in [1.82, 2.24) is 0 Å². The number of aliphatic hydroxyl groups is 2. The van der Waals surface area contributed by atoms with Gasteiger partial charge in [0.05, 0.1) is 32.0 Å². The van der Waals surface area contributed by atoms with Gasteiger partial charge in [-0.15, -0.1) is 0 Å². The van der Waals surface area contributed by atoms with Crippen LogP contribution in [0.3, 0.4) is 0 Å². The molecule has 3 fully saturated rings. The first-order valence-corrected chi connectivity index (χ1v) is 11.9. The minimum absolute atomic E-state index is 0.174. The molecule has 1 aliphatic carbocycles. The van der Waals surface area contributed by atoms with Crippen LogP contribution in [-0.2, 0) is 26.4 Å². The molecule has 178 valence electrons. The van der Waals surface area contributed by atoms with E-state index in [-0.39, 0.29) is 12.7 Å². The third kappa shape index (κ3) is 4.65. The molecule has 2 N–H and O–H groups in total. The summed E-state index contributed by atoms with van der Waals surface area (Å²) >= 11 is 6.52. The molecule has 3 unspecified atom stereocenters. The van der Waals surface area contributed by atoms with Gasteiger partial charge in [-0.2, -0.15) is 0 Å². The van der Waals surface area contributed by atoms with E-state index in [0.29, 0.717) is 29.7 Å². The van der Waals surface area contributed by atoms with E-state index >= 15 is 0 Å². The molecule has 7 heteroatoms. The Morgan fingerprint density at radius 1 is 1.09 bits per heavy atom. The predicted molar refractivity (Wildman–Crippen MR) is 123 cm³/mol. The second-order valence-corrected chi connectivity index (χ2v) is 10.1. The molecule has 2 aliphatic heterocycles. The Balaban J connectivity index is 1.28. The zero-order valence-corrected chi connectivity index (χ0v) is 19.6. The predicted octanol–water partition coefficient (Wildman–Crippen LogP) is 3.82. The van der Waals surface area contributed by atoms with Crippen molar-refractivity contribution in [2.45, 2.75) is 56.2 Å². The Morgan fingerprint density at radius 2 is 1.85 bits per heavy atom. The maximum absolute atomic E-state index is 10.3. The number of rotatable bonds is 7. The van der Waals surface area contributed by atoms with E-state index in [9.17, 15) is 10.2 Å². The van der Waals surface area contributed by atoms with Crippen molar-refractivity contribution >= 4 is 11.6 Å². The van der Waals surface area contributed by atoms with Crippen LogP contribution >= 0.6 is 11.6 Å². The Labute approximate surface area is 199 Å². The maximum atomic E-state index is 10.3. The van der Waals surface area contributed by atoms with E-state index in [4.69, 9.17) is 30.5 Å². The van der Waals surface area contributed by atoms with E-state index in [1.165, 1.54) is 0 Å². The Kier molecular flexibility index (Phi) is 6.42. The number of hydrogen-bond acceptors (Lipinski definition) is 6. The van der Waals surface area contributed by atoms with Crippen LogP contribution in [0.5, 0.6) is 5.75 Å². The molecular formula is C26H31ClO6. The Bertz CT molecular complexity index is 967. The third-order valence-electron chi connectivity index (χ3n) is 7.17. The lowest BCUT2D eigenvalue weighted by molar-refractivity contribution is -0.298. The number of aliphatic hydroxyl groups excluding tert-OH is 2. The van der Waals surface area contributed by atoms with Crippen LogP contribution in [0.1, 0.15) is 42.4 Å². The minimum Gasteiger partial charge on any atom is -0.490 e. The standard InChI is InChI=1S/C26H31ClO6/c1-30-26(11-20(29)10-22(14-28)33-26)19-4-7-24(27)18(9-19)8-17-2-5-21(6-3-17)32-23-12-25(13-23)15-31-16-25/h2-7,9,20,22-23,28-29H,8,10-16H2,1H3. The molecular weight excluding hydrogens is 444 g/mol. The van der Waals surface area contributed by atoms with Crippen LogP contribution in [0.15, 0.2) is 42.5 Å². The second kappa shape index (κ2) is 9.17. The SMILES string of the molecule is COC1(c2ccc(Cl)c(Cc3ccc(OC4CC5(COC5)C4)cc3)c2)CC(O)CC(CO)O1. The highest BCUT2D eigenvalue weighted by Crippen LogP contribution is 2.48. The summed E-state index contributed by atoms with van der Waals surface area (Å²) in [6.45, 7) is 1.58. The van der Waals surface area contributed by atoms with Gasteiger partial charge >= 0.3 is 0 Å². The third-order valence-corrected chi connectivity index (χ3v) is 7.54. The van der Waals surface area contributed by atoms with Gasteiger partial charge in [-0.1, -0.05) is 29.8 Å². The zero-order chi connectivity index (χ0) is 23.1. The van der Waals surface area contributed by atoms with Crippen molar-refractivity contribution in [3.63, 3.8) is 0 Å². The molecule has 2 saturated heterocycles. The Hall–Kier alpha value is -1.67. The molecule has 3 aliphatic rings. The van der Waals surface area contributed by atoms with E-state index in [1.807, 2.05) is 30.3 Å². The Morgan fingerprint density at radius 3 is 2.48 bits per heavy atom. The van der Waals surface area contributed by atoms with Crippen molar-refractivity contribution in [1.29, 1.82) is 0 Å². The lowest BCUT2D eigenvalue weighted by Crippen LogP contribution is -2.56. The lowest BCUT2D eigenvalue weighted by Gasteiger charge is -2.52. The fourth-order valence-electron chi connectivity index (χ4n) is 5.27. The molecule has 33 heavy (non-hydrogen) atoms. The van der Waals surface area contributed by atoms with Crippen LogP contribution in [0, 0.1) is 5.41 Å². The summed E-state index contributed by atoms with van der Waals surface area (Å²) in [5.41, 5.74) is 3.22. The van der Waals surface area contributed by atoms with Gasteiger partial charge in [-0.25, -0.2) is 0 Å². The van der Waals surface area contributed by atoms with Gasteiger partial charge in [-0.05, 0) is 54.7 Å². The van der Waals surface area contributed by atoms with E-state index in [1.54, 1.807) is 7.11 Å². The van der Waals surface area contributed by atoms with Crippen molar-refractivity contribution < 1.29 is 29.2 Å². The highest BCUT2D eigenvalue weighted by molar-refractivity contribution is 6.31. The van der Waals surface area contributed by atoms with Crippen molar-refractivity contribution in [3.8, 4) is 5.75 Å². The summed E-state index contributed by atoms with van der Waals surface area (Å²) in [4.78, 5) is 0. The first kappa shape index (κ1) is 23.1. The first-order chi connectivity index (χ1) is 15.9. The van der Waals surface area contributed by atoms with Gasteiger partial charge in [0.2, 0.25) is 0 Å². The van der Waals surface area contributed by atoms with Gasteiger partial charge in [0.25, 0.3) is 0 Å². The molecule has 2 aromatic rings. The highest BCUT2D eigenvalue weighted by Gasteiger charge is 2.51. The van der Waals surface area contributed by atoms with Crippen LogP contribution in [-0.4, -0.2) is 55.5 Å². The lowest BCUT2D eigenvalue weighted by atomic mass is 9.65. The fraction of sp³-hybridized carbons (Fsp3) is 0.538. The molecule has 5 rings (SSSR count). The largest absolute Gasteiger partial charge is 0.490 e.